The summed E-state index contributed by atoms with van der Waals surface area (Å²) in [5.74, 6) is -2.84. The van der Waals surface area contributed by atoms with Crippen LogP contribution in [0.3, 0.4) is 0 Å². The van der Waals surface area contributed by atoms with Crippen molar-refractivity contribution in [3.63, 3.8) is 0 Å². The van der Waals surface area contributed by atoms with E-state index in [0.29, 0.717) is 0 Å². The fraction of sp³-hybridized carbons (Fsp3) is 0.273. The van der Waals surface area contributed by atoms with E-state index < -0.39 is 42.4 Å². The van der Waals surface area contributed by atoms with Crippen molar-refractivity contribution in [3.05, 3.63) is 71.8 Å². The fourth-order valence-corrected chi connectivity index (χ4v) is 2.75. The number of carboxylic acid groups (broad SMARTS) is 1. The van der Waals surface area contributed by atoms with Crippen LogP contribution in [-0.4, -0.2) is 48.2 Å². The number of carbonyl (C=O) groups excluding carboxylic acids is 3. The highest BCUT2D eigenvalue weighted by atomic mass is 16.5. The van der Waals surface area contributed by atoms with Gasteiger partial charge in [-0.05, 0) is 11.1 Å². The molecule has 0 aliphatic heterocycles. The first-order chi connectivity index (χ1) is 14.9. The number of amides is 2. The lowest BCUT2D eigenvalue weighted by Gasteiger charge is -2.21. The van der Waals surface area contributed by atoms with Crippen molar-refractivity contribution in [2.24, 2.45) is 0 Å². The van der Waals surface area contributed by atoms with Gasteiger partial charge in [0.25, 0.3) is 0 Å². The van der Waals surface area contributed by atoms with Crippen LogP contribution in [0.25, 0.3) is 0 Å². The summed E-state index contributed by atoms with van der Waals surface area (Å²) in [6.45, 7) is -0.0487. The first-order valence-corrected chi connectivity index (χ1v) is 9.50. The number of hydrogen-bond donors (Lipinski definition) is 3. The Labute approximate surface area is 179 Å². The van der Waals surface area contributed by atoms with Crippen LogP contribution in [0.15, 0.2) is 60.7 Å². The number of carboxylic acids is 1. The van der Waals surface area contributed by atoms with Gasteiger partial charge in [-0.1, -0.05) is 60.7 Å². The van der Waals surface area contributed by atoms with Crippen molar-refractivity contribution in [3.8, 4) is 0 Å². The van der Waals surface area contributed by atoms with E-state index in [0.717, 1.165) is 11.1 Å². The Morgan fingerprint density at radius 1 is 0.871 bits per heavy atom. The number of esters is 1. The molecule has 2 aromatic rings. The molecule has 0 fully saturated rings. The Kier molecular flexibility index (Phi) is 9.03. The number of ether oxygens (including phenoxy) is 2. The average molecular weight is 428 g/mol. The van der Waals surface area contributed by atoms with E-state index in [4.69, 9.17) is 14.6 Å². The summed E-state index contributed by atoms with van der Waals surface area (Å²) in [5.41, 5.74) is 1.49. The largest absolute Gasteiger partial charge is 0.481 e. The summed E-state index contributed by atoms with van der Waals surface area (Å²) in [6, 6.07) is 15.3. The fourth-order valence-electron chi connectivity index (χ4n) is 2.75. The predicted octanol–water partition coefficient (Wildman–Crippen LogP) is 1.66. The summed E-state index contributed by atoms with van der Waals surface area (Å²) >= 11 is 0. The van der Waals surface area contributed by atoms with Gasteiger partial charge in [0, 0.05) is 6.42 Å². The van der Waals surface area contributed by atoms with Crippen LogP contribution in [0, 0.1) is 0 Å². The molecule has 0 bridgehead atoms. The van der Waals surface area contributed by atoms with Crippen LogP contribution in [0.1, 0.15) is 17.5 Å². The molecule has 0 spiro atoms. The second-order valence-corrected chi connectivity index (χ2v) is 6.63. The van der Waals surface area contributed by atoms with Crippen molar-refractivity contribution in [2.45, 2.75) is 31.5 Å². The van der Waals surface area contributed by atoms with Crippen molar-refractivity contribution < 1.29 is 33.8 Å². The Morgan fingerprint density at radius 3 is 2.00 bits per heavy atom. The van der Waals surface area contributed by atoms with Gasteiger partial charge in [-0.3, -0.25) is 9.59 Å². The zero-order chi connectivity index (χ0) is 22.6. The summed E-state index contributed by atoms with van der Waals surface area (Å²) in [6.07, 6.45) is -1.51. The lowest BCUT2D eigenvalue weighted by molar-refractivity contribution is -0.145. The summed E-state index contributed by atoms with van der Waals surface area (Å²) in [4.78, 5) is 48.0. The van der Waals surface area contributed by atoms with Crippen molar-refractivity contribution in [1.82, 2.24) is 10.6 Å². The average Bonchev–Trinajstić information content (AvgIpc) is 2.77. The van der Waals surface area contributed by atoms with E-state index in [9.17, 15) is 19.2 Å². The number of alkyl carbamates (subject to hydrolysis) is 1. The topological polar surface area (TPSA) is 131 Å². The second-order valence-electron chi connectivity index (χ2n) is 6.63. The molecule has 164 valence electrons. The first kappa shape index (κ1) is 23.4. The number of carbonyl (C=O) groups is 4. The molecule has 3 N–H and O–H groups in total. The van der Waals surface area contributed by atoms with Gasteiger partial charge >= 0.3 is 18.0 Å². The van der Waals surface area contributed by atoms with E-state index in [1.54, 1.807) is 48.5 Å². The van der Waals surface area contributed by atoms with Gasteiger partial charge in [0.2, 0.25) is 5.91 Å². The van der Waals surface area contributed by atoms with Crippen LogP contribution in [0.2, 0.25) is 0 Å². The van der Waals surface area contributed by atoms with Crippen LogP contribution in [-0.2, 0) is 36.9 Å². The smallest absolute Gasteiger partial charge is 0.408 e. The molecule has 2 rings (SSSR count). The van der Waals surface area contributed by atoms with E-state index in [1.807, 2.05) is 12.1 Å². The molecule has 0 heterocycles. The molecule has 0 aliphatic carbocycles. The lowest BCUT2D eigenvalue weighted by Crippen LogP contribution is -2.53. The molecular weight excluding hydrogens is 404 g/mol. The van der Waals surface area contributed by atoms with Crippen molar-refractivity contribution in [2.75, 3.05) is 7.11 Å². The number of rotatable bonds is 10. The van der Waals surface area contributed by atoms with E-state index in [2.05, 4.69) is 10.6 Å². The van der Waals surface area contributed by atoms with Gasteiger partial charge in [-0.25, -0.2) is 9.59 Å². The summed E-state index contributed by atoms with van der Waals surface area (Å²) < 4.78 is 9.78. The van der Waals surface area contributed by atoms with Gasteiger partial charge < -0.3 is 25.2 Å². The molecule has 9 heteroatoms. The zero-order valence-corrected chi connectivity index (χ0v) is 16.9. The third-order valence-corrected chi connectivity index (χ3v) is 4.28. The molecule has 2 aromatic carbocycles. The predicted molar refractivity (Wildman–Crippen MR) is 110 cm³/mol. The molecule has 0 aliphatic rings. The van der Waals surface area contributed by atoms with Gasteiger partial charge in [0.1, 0.15) is 18.7 Å². The van der Waals surface area contributed by atoms with E-state index >= 15 is 0 Å². The molecule has 0 saturated carbocycles. The monoisotopic (exact) mass is 428 g/mol. The summed E-state index contributed by atoms with van der Waals surface area (Å²) in [7, 11) is 1.18. The number of aliphatic carboxylic acids is 1. The van der Waals surface area contributed by atoms with Crippen LogP contribution >= 0.6 is 0 Å². The SMILES string of the molecule is COC(=O)[C@H](Cc1ccccc1)NC(=O)C(CC(=O)O)NC(=O)OCc1ccccc1. The Balaban J connectivity index is 2.02. The first-order valence-electron chi connectivity index (χ1n) is 9.50. The highest BCUT2D eigenvalue weighted by molar-refractivity contribution is 5.92. The van der Waals surface area contributed by atoms with Crippen molar-refractivity contribution in [1.29, 1.82) is 0 Å². The minimum atomic E-state index is -1.44. The third kappa shape index (κ3) is 8.17. The highest BCUT2D eigenvalue weighted by Gasteiger charge is 2.29. The van der Waals surface area contributed by atoms with Gasteiger partial charge in [0.15, 0.2) is 0 Å². The van der Waals surface area contributed by atoms with Crippen molar-refractivity contribution >= 4 is 23.9 Å². The van der Waals surface area contributed by atoms with Crippen LogP contribution in [0.4, 0.5) is 4.79 Å². The maximum Gasteiger partial charge on any atom is 0.408 e. The maximum absolute atomic E-state index is 12.7. The molecule has 1 unspecified atom stereocenters. The molecule has 0 radical (unpaired) electrons. The van der Waals surface area contributed by atoms with E-state index in [-0.39, 0.29) is 13.0 Å². The molecule has 31 heavy (non-hydrogen) atoms. The van der Waals surface area contributed by atoms with Crippen LogP contribution in [0.5, 0.6) is 0 Å². The molecule has 0 aromatic heterocycles. The van der Waals surface area contributed by atoms with Gasteiger partial charge in [0.05, 0.1) is 13.5 Å². The highest BCUT2D eigenvalue weighted by Crippen LogP contribution is 2.06. The van der Waals surface area contributed by atoms with Gasteiger partial charge in [-0.2, -0.15) is 0 Å². The maximum atomic E-state index is 12.7. The van der Waals surface area contributed by atoms with Gasteiger partial charge in [-0.15, -0.1) is 0 Å². The second kappa shape index (κ2) is 12.0. The molecule has 9 nitrogen and oxygen atoms in total. The Morgan fingerprint density at radius 2 is 1.45 bits per heavy atom. The minimum absolute atomic E-state index is 0.0487. The van der Waals surface area contributed by atoms with Crippen LogP contribution < -0.4 is 10.6 Å². The normalized spacial score (nSPS) is 12.2. The lowest BCUT2D eigenvalue weighted by atomic mass is 10.1. The third-order valence-electron chi connectivity index (χ3n) is 4.28. The minimum Gasteiger partial charge on any atom is -0.481 e. The van der Waals surface area contributed by atoms with E-state index in [1.165, 1.54) is 7.11 Å². The molecular formula is C22H24N2O7. The molecule has 2 atom stereocenters. The quantitative estimate of drug-likeness (QED) is 0.491. The Hall–Kier alpha value is -3.88. The number of methoxy groups -OCH3 is 1. The standard InChI is InChI=1S/C22H24N2O7/c1-30-21(28)18(12-15-8-4-2-5-9-15)23-20(27)17(13-19(25)26)24-22(29)31-14-16-10-6-3-7-11-16/h2-11,17-18H,12-14H2,1H3,(H,23,27)(H,24,29)(H,25,26)/t17?,18-/m0/s1. The molecule has 2 amide bonds. The molecule has 0 saturated heterocycles. The number of benzene rings is 2. The number of nitrogens with one attached hydrogen (secondary N) is 2. The Bertz CT molecular complexity index is 887. The zero-order valence-electron chi connectivity index (χ0n) is 16.9. The summed E-state index contributed by atoms with van der Waals surface area (Å²) in [5, 5.41) is 13.8. The number of hydrogen-bond acceptors (Lipinski definition) is 6.